The van der Waals surface area contributed by atoms with Crippen LogP contribution in [0.5, 0.6) is 0 Å². The fraction of sp³-hybridized carbons (Fsp3) is 0.167. The predicted molar refractivity (Wildman–Crippen MR) is 30.6 cm³/mol. The maximum atomic E-state index is 5.47. The summed E-state index contributed by atoms with van der Waals surface area (Å²) in [6.07, 6.45) is 2.72. The predicted octanol–water partition coefficient (Wildman–Crippen LogP) is 1.05. The highest BCUT2D eigenvalue weighted by Gasteiger charge is 1.94. The quantitative estimate of drug-likeness (QED) is 0.507. The van der Waals surface area contributed by atoms with Crippen molar-refractivity contribution in [3.8, 4) is 0 Å². The van der Waals surface area contributed by atoms with Gasteiger partial charge in [0.15, 0.2) is 0 Å². The van der Waals surface area contributed by atoms with Crippen LogP contribution < -0.4 is 4.98 Å². The molecule has 2 heteroatoms. The van der Waals surface area contributed by atoms with Gasteiger partial charge in [-0.25, -0.2) is 0 Å². The third kappa shape index (κ3) is 1.11. The number of hydrogen-bond donors (Lipinski definition) is 0. The highest BCUT2D eigenvalue weighted by Crippen LogP contribution is 1.95. The first-order valence-corrected chi connectivity index (χ1v) is 2.67. The van der Waals surface area contributed by atoms with E-state index in [1.807, 2.05) is 13.0 Å². The summed E-state index contributed by atoms with van der Waals surface area (Å²) in [5.41, 5.74) is 1.01. The molecule has 0 saturated heterocycles. The smallest absolute Gasteiger partial charge is 0.0355 e. The second-order valence-corrected chi connectivity index (χ2v) is 1.95. The van der Waals surface area contributed by atoms with Gasteiger partial charge in [-0.1, -0.05) is 0 Å². The zero-order chi connectivity index (χ0) is 5.98. The zero-order valence-electron chi connectivity index (χ0n) is 4.48. The average Bonchev–Trinajstić information content (AvgIpc) is 1.77. The Bertz CT molecular complexity index is 147. The Kier molecular flexibility index (Phi) is 1.36. The number of aromatic nitrogens is 1. The summed E-state index contributed by atoms with van der Waals surface area (Å²) >= 11 is 5.47. The Morgan fingerprint density at radius 1 is 1.62 bits per heavy atom. The summed E-state index contributed by atoms with van der Waals surface area (Å²) in [6, 6.07) is 3.61. The largest absolute Gasteiger partial charge is 0.409 e. The number of nitrogens with zero attached hydrogens (tertiary/aromatic N) is 1. The van der Waals surface area contributed by atoms with Gasteiger partial charge in [-0.2, -0.15) is 0 Å². The van der Waals surface area contributed by atoms with Gasteiger partial charge in [-0.05, 0) is 18.0 Å². The Labute approximate surface area is 53.3 Å². The van der Waals surface area contributed by atoms with Gasteiger partial charge in [0.2, 0.25) is 0 Å². The van der Waals surface area contributed by atoms with Crippen LogP contribution in [0.3, 0.4) is 0 Å². The molecule has 0 aliphatic rings. The van der Waals surface area contributed by atoms with Crippen molar-refractivity contribution in [2.45, 2.75) is 6.92 Å². The van der Waals surface area contributed by atoms with Gasteiger partial charge in [0, 0.05) is 17.7 Å². The van der Waals surface area contributed by atoms with E-state index in [0.717, 1.165) is 5.56 Å². The third-order valence-electron chi connectivity index (χ3n) is 0.810. The van der Waals surface area contributed by atoms with Crippen LogP contribution in [-0.4, -0.2) is 0 Å². The van der Waals surface area contributed by atoms with E-state index in [9.17, 15) is 0 Å². The molecule has 0 bridgehead atoms. The summed E-state index contributed by atoms with van der Waals surface area (Å²) < 4.78 is 0. The molecule has 1 aromatic heterocycles. The second-order valence-electron chi connectivity index (χ2n) is 1.56. The fourth-order valence-electron chi connectivity index (χ4n) is 0.410. The van der Waals surface area contributed by atoms with Crippen molar-refractivity contribution >= 4 is 11.6 Å². The van der Waals surface area contributed by atoms with Gasteiger partial charge in [0.05, 0.1) is 5.56 Å². The van der Waals surface area contributed by atoms with Crippen LogP contribution in [0, 0.1) is 13.1 Å². The molecule has 0 aliphatic heterocycles. The summed E-state index contributed by atoms with van der Waals surface area (Å²) in [5, 5.41) is 0.496. The van der Waals surface area contributed by atoms with E-state index in [2.05, 4.69) is 11.2 Å². The molecular formula is C6H5ClN+. The minimum absolute atomic E-state index is 0.496. The molecule has 0 N–H and O–H groups in total. The summed E-state index contributed by atoms with van der Waals surface area (Å²) in [4.78, 5) is 3.72. The van der Waals surface area contributed by atoms with Crippen molar-refractivity contribution in [1.82, 2.24) is 0 Å². The lowest BCUT2D eigenvalue weighted by molar-refractivity contribution is -0.291. The maximum Gasteiger partial charge on any atom is 0.409 e. The lowest BCUT2D eigenvalue weighted by Crippen LogP contribution is -1.90. The minimum Gasteiger partial charge on any atom is -0.0355 e. The van der Waals surface area contributed by atoms with E-state index in [-0.39, 0.29) is 0 Å². The van der Waals surface area contributed by atoms with E-state index < -0.39 is 0 Å². The molecular weight excluding hydrogens is 122 g/mol. The molecule has 0 radical (unpaired) electrons. The van der Waals surface area contributed by atoms with Crippen LogP contribution in [0.2, 0.25) is 5.15 Å². The van der Waals surface area contributed by atoms with Gasteiger partial charge < -0.3 is 0 Å². The maximum absolute atomic E-state index is 5.47. The Morgan fingerprint density at radius 2 is 2.38 bits per heavy atom. The molecule has 0 spiro atoms. The summed E-state index contributed by atoms with van der Waals surface area (Å²) in [5.74, 6) is 0. The highest BCUT2D eigenvalue weighted by molar-refractivity contribution is 6.28. The van der Waals surface area contributed by atoms with Crippen LogP contribution in [0.25, 0.3) is 0 Å². The Balaban J connectivity index is 3.03. The molecule has 0 unspecified atom stereocenters. The zero-order valence-corrected chi connectivity index (χ0v) is 5.24. The van der Waals surface area contributed by atoms with Crippen molar-refractivity contribution in [2.24, 2.45) is 0 Å². The minimum atomic E-state index is 0.496. The monoisotopic (exact) mass is 126 g/mol. The van der Waals surface area contributed by atoms with Gasteiger partial charge in [0.25, 0.3) is 0 Å². The van der Waals surface area contributed by atoms with Crippen LogP contribution >= 0.6 is 11.6 Å². The molecule has 40 valence electrons. The molecule has 1 aromatic rings. The van der Waals surface area contributed by atoms with E-state index >= 15 is 0 Å². The van der Waals surface area contributed by atoms with Crippen molar-refractivity contribution in [3.63, 3.8) is 0 Å². The Hall–Kier alpha value is -0.740. The molecule has 0 amide bonds. The number of halogens is 1. The molecule has 0 atom stereocenters. The lowest BCUT2D eigenvalue weighted by atomic mass is 10.3. The van der Waals surface area contributed by atoms with Gasteiger partial charge in [-0.3, -0.25) is 0 Å². The first-order chi connectivity index (χ1) is 3.79. The summed E-state index contributed by atoms with van der Waals surface area (Å²) in [6.45, 7) is 1.92. The van der Waals surface area contributed by atoms with Crippen molar-refractivity contribution in [3.05, 3.63) is 29.0 Å². The molecule has 8 heavy (non-hydrogen) atoms. The normalized spacial score (nSPS) is 8.25. The van der Waals surface area contributed by atoms with Crippen molar-refractivity contribution in [1.29, 1.82) is 0 Å². The fourth-order valence-corrected chi connectivity index (χ4v) is 0.515. The molecule has 0 aromatic carbocycles. The van der Waals surface area contributed by atoms with Gasteiger partial charge in [-0.15, -0.1) is 0 Å². The van der Waals surface area contributed by atoms with E-state index in [1.165, 1.54) is 0 Å². The van der Waals surface area contributed by atoms with Crippen molar-refractivity contribution < 1.29 is 4.98 Å². The molecule has 1 nitrogen and oxygen atoms in total. The van der Waals surface area contributed by atoms with E-state index in [0.29, 0.717) is 5.15 Å². The van der Waals surface area contributed by atoms with Crippen molar-refractivity contribution in [2.75, 3.05) is 0 Å². The molecule has 0 fully saturated rings. The first kappa shape index (κ1) is 5.40. The number of rotatable bonds is 0. The standard InChI is InChI=1S/C6H5ClN/c1-5-2-3-6(7)8-4-5/h2-3H,1H3/q+1. The SMILES string of the molecule is Cc1c#[n+]c(Cl)cc1. The molecule has 1 heterocycles. The Morgan fingerprint density at radius 3 is 2.75 bits per heavy atom. The van der Waals surface area contributed by atoms with E-state index in [1.54, 1.807) is 6.07 Å². The van der Waals surface area contributed by atoms with Crippen LogP contribution in [0.4, 0.5) is 0 Å². The first-order valence-electron chi connectivity index (χ1n) is 2.30. The lowest BCUT2D eigenvalue weighted by Gasteiger charge is -1.68. The third-order valence-corrected chi connectivity index (χ3v) is 1.02. The van der Waals surface area contributed by atoms with Gasteiger partial charge >= 0.3 is 11.3 Å². The molecule has 1 rings (SSSR count). The molecule has 0 saturated carbocycles. The molecule has 0 aliphatic carbocycles. The summed E-state index contributed by atoms with van der Waals surface area (Å²) in [7, 11) is 0. The second kappa shape index (κ2) is 2.02. The van der Waals surface area contributed by atoms with Gasteiger partial charge in [0.1, 0.15) is 0 Å². The van der Waals surface area contributed by atoms with Crippen LogP contribution in [0.1, 0.15) is 5.56 Å². The van der Waals surface area contributed by atoms with E-state index in [4.69, 9.17) is 11.6 Å². The highest BCUT2D eigenvalue weighted by atomic mass is 35.5. The topological polar surface area (TPSA) is 14.1 Å². The number of aryl methyl sites for hydroxylation is 1. The van der Waals surface area contributed by atoms with Crippen LogP contribution in [-0.2, 0) is 0 Å². The van der Waals surface area contributed by atoms with Crippen LogP contribution in [0.15, 0.2) is 12.1 Å². The average molecular weight is 127 g/mol. The number of hydrogen-bond acceptors (Lipinski definition) is 0.